The fourth-order valence-electron chi connectivity index (χ4n) is 4.11. The lowest BCUT2D eigenvalue weighted by molar-refractivity contribution is 0.0916. The second kappa shape index (κ2) is 11.5. The number of amides is 1. The Morgan fingerprint density at radius 3 is 2.43 bits per heavy atom. The summed E-state index contributed by atoms with van der Waals surface area (Å²) in [7, 11) is 0. The van der Waals surface area contributed by atoms with Crippen molar-refractivity contribution < 1.29 is 23.7 Å². The van der Waals surface area contributed by atoms with Gasteiger partial charge >= 0.3 is 0 Å². The molecule has 4 rings (SSSR count). The normalized spacial score (nSPS) is 15.4. The molecule has 2 heterocycles. The van der Waals surface area contributed by atoms with Crippen LogP contribution >= 0.6 is 22.9 Å². The van der Waals surface area contributed by atoms with E-state index in [1.54, 1.807) is 17.0 Å². The van der Waals surface area contributed by atoms with Gasteiger partial charge in [-0.2, -0.15) is 0 Å². The Kier molecular flexibility index (Phi) is 8.36. The zero-order valence-corrected chi connectivity index (χ0v) is 22.1. The molecule has 1 fully saturated rings. The average Bonchev–Trinajstić information content (AvgIpc) is 3.52. The van der Waals surface area contributed by atoms with Crippen molar-refractivity contribution in [3.05, 3.63) is 40.4 Å². The molecule has 1 aliphatic rings. The number of hydrogen-bond donors (Lipinski definition) is 0. The van der Waals surface area contributed by atoms with Gasteiger partial charge in [-0.25, -0.2) is 4.98 Å². The number of rotatable bonds is 10. The van der Waals surface area contributed by atoms with Crippen LogP contribution in [0.5, 0.6) is 17.2 Å². The van der Waals surface area contributed by atoms with Gasteiger partial charge in [0.15, 0.2) is 16.6 Å². The van der Waals surface area contributed by atoms with E-state index in [1.807, 2.05) is 39.8 Å². The Hall–Kier alpha value is -2.55. The summed E-state index contributed by atoms with van der Waals surface area (Å²) in [5, 5.41) is 1.26. The summed E-state index contributed by atoms with van der Waals surface area (Å²) < 4.78 is 24.3. The average molecular weight is 519 g/mol. The largest absolute Gasteiger partial charge is 0.490 e. The third-order valence-electron chi connectivity index (χ3n) is 5.78. The van der Waals surface area contributed by atoms with Crippen molar-refractivity contribution in [2.75, 3.05) is 37.9 Å². The van der Waals surface area contributed by atoms with E-state index in [1.165, 1.54) is 11.3 Å². The van der Waals surface area contributed by atoms with Crippen molar-refractivity contribution >= 4 is 44.2 Å². The van der Waals surface area contributed by atoms with E-state index in [-0.39, 0.29) is 12.0 Å². The first-order valence-electron chi connectivity index (χ1n) is 12.0. The third-order valence-corrected chi connectivity index (χ3v) is 7.23. The lowest BCUT2D eigenvalue weighted by Crippen LogP contribution is -2.37. The molecule has 2 aromatic carbocycles. The maximum atomic E-state index is 14.0. The summed E-state index contributed by atoms with van der Waals surface area (Å²) >= 11 is 7.80. The molecule has 0 N–H and O–H groups in total. The number of benzene rings is 2. The minimum Gasteiger partial charge on any atom is -0.490 e. The van der Waals surface area contributed by atoms with E-state index in [0.29, 0.717) is 65.9 Å². The van der Waals surface area contributed by atoms with Crippen LogP contribution in [0.2, 0.25) is 5.02 Å². The van der Waals surface area contributed by atoms with Gasteiger partial charge in [-0.15, -0.1) is 0 Å². The van der Waals surface area contributed by atoms with E-state index >= 15 is 0 Å². The molecule has 0 saturated carbocycles. The van der Waals surface area contributed by atoms with E-state index in [2.05, 4.69) is 0 Å². The second-order valence-electron chi connectivity index (χ2n) is 8.17. The van der Waals surface area contributed by atoms with E-state index in [0.717, 1.165) is 28.6 Å². The van der Waals surface area contributed by atoms with Crippen LogP contribution in [-0.2, 0) is 4.74 Å². The second-order valence-corrected chi connectivity index (χ2v) is 9.58. The quantitative estimate of drug-likeness (QED) is 0.314. The fourth-order valence-corrected chi connectivity index (χ4v) is 5.30. The predicted octanol–water partition coefficient (Wildman–Crippen LogP) is 6.28. The van der Waals surface area contributed by atoms with Gasteiger partial charge in [0.1, 0.15) is 0 Å². The number of aromatic nitrogens is 1. The van der Waals surface area contributed by atoms with Gasteiger partial charge in [-0.1, -0.05) is 22.9 Å². The van der Waals surface area contributed by atoms with Gasteiger partial charge in [0.25, 0.3) is 5.91 Å². The highest BCUT2D eigenvalue weighted by Crippen LogP contribution is 2.40. The Labute approximate surface area is 214 Å². The van der Waals surface area contributed by atoms with Crippen molar-refractivity contribution in [2.24, 2.45) is 0 Å². The SMILES string of the molecule is CCOc1cc(C(=O)N(CC2CCCO2)c2nc3c(C)c(Cl)ccc3s2)cc(OCC)c1OCC. The van der Waals surface area contributed by atoms with Crippen LogP contribution in [0.1, 0.15) is 49.5 Å². The molecular formula is C26H31ClN2O5S. The third kappa shape index (κ3) is 5.50. The molecule has 1 aromatic heterocycles. The van der Waals surface area contributed by atoms with Gasteiger partial charge in [-0.05, 0) is 70.4 Å². The molecule has 0 spiro atoms. The molecule has 0 radical (unpaired) electrons. The summed E-state index contributed by atoms with van der Waals surface area (Å²) in [5.74, 6) is 1.26. The van der Waals surface area contributed by atoms with Crippen LogP contribution in [0.4, 0.5) is 5.13 Å². The van der Waals surface area contributed by atoms with Gasteiger partial charge < -0.3 is 18.9 Å². The topological polar surface area (TPSA) is 70.1 Å². The number of fused-ring (bicyclic) bond motifs is 1. The lowest BCUT2D eigenvalue weighted by atomic mass is 10.1. The fraction of sp³-hybridized carbons (Fsp3) is 0.462. The van der Waals surface area contributed by atoms with Crippen molar-refractivity contribution in [3.8, 4) is 17.2 Å². The summed E-state index contributed by atoms with van der Waals surface area (Å²) in [6.45, 7) is 10.0. The van der Waals surface area contributed by atoms with Crippen LogP contribution < -0.4 is 19.1 Å². The highest BCUT2D eigenvalue weighted by atomic mass is 35.5. The first-order chi connectivity index (χ1) is 17.0. The molecule has 1 aliphatic heterocycles. The maximum Gasteiger partial charge on any atom is 0.260 e. The Bertz CT molecular complexity index is 1160. The molecule has 1 amide bonds. The monoisotopic (exact) mass is 518 g/mol. The molecule has 0 bridgehead atoms. The van der Waals surface area contributed by atoms with E-state index in [9.17, 15) is 4.79 Å². The zero-order valence-electron chi connectivity index (χ0n) is 20.6. The predicted molar refractivity (Wildman–Crippen MR) is 140 cm³/mol. The molecule has 1 atom stereocenters. The first-order valence-corrected chi connectivity index (χ1v) is 13.2. The Balaban J connectivity index is 1.79. The molecule has 7 nitrogen and oxygen atoms in total. The number of nitrogens with zero attached hydrogens (tertiary/aromatic N) is 2. The first kappa shape index (κ1) is 25.5. The molecule has 188 valence electrons. The van der Waals surface area contributed by atoms with Crippen LogP contribution in [0.25, 0.3) is 10.2 Å². The highest BCUT2D eigenvalue weighted by Gasteiger charge is 2.29. The number of carbonyl (C=O) groups excluding carboxylic acids is 1. The van der Waals surface area contributed by atoms with Crippen molar-refractivity contribution in [2.45, 2.75) is 46.6 Å². The number of aryl methyl sites for hydroxylation is 1. The highest BCUT2D eigenvalue weighted by molar-refractivity contribution is 7.22. The van der Waals surface area contributed by atoms with Gasteiger partial charge in [0.05, 0.1) is 42.7 Å². The minimum atomic E-state index is -0.201. The molecule has 1 saturated heterocycles. The molecule has 9 heteroatoms. The van der Waals surface area contributed by atoms with Crippen LogP contribution in [0.15, 0.2) is 24.3 Å². The van der Waals surface area contributed by atoms with Crippen molar-refractivity contribution in [3.63, 3.8) is 0 Å². The van der Waals surface area contributed by atoms with Crippen LogP contribution in [-0.4, -0.2) is 50.0 Å². The van der Waals surface area contributed by atoms with Gasteiger partial charge in [0.2, 0.25) is 5.75 Å². The molecule has 3 aromatic rings. The summed E-state index contributed by atoms with van der Waals surface area (Å²) in [5.41, 5.74) is 2.14. The minimum absolute atomic E-state index is 0.0453. The summed E-state index contributed by atoms with van der Waals surface area (Å²) in [6.07, 6.45) is 1.83. The number of ether oxygens (including phenoxy) is 4. The van der Waals surface area contributed by atoms with Crippen molar-refractivity contribution in [1.82, 2.24) is 4.98 Å². The Morgan fingerprint density at radius 1 is 1.14 bits per heavy atom. The molecule has 0 aliphatic carbocycles. The maximum absolute atomic E-state index is 14.0. The number of thiazole rings is 1. The summed E-state index contributed by atoms with van der Waals surface area (Å²) in [6, 6.07) is 7.25. The molecular weight excluding hydrogens is 488 g/mol. The molecule has 1 unspecified atom stereocenters. The summed E-state index contributed by atoms with van der Waals surface area (Å²) in [4.78, 5) is 20.5. The zero-order chi connectivity index (χ0) is 24.9. The van der Waals surface area contributed by atoms with Crippen LogP contribution in [0, 0.1) is 6.92 Å². The van der Waals surface area contributed by atoms with Crippen molar-refractivity contribution in [1.29, 1.82) is 0 Å². The smallest absolute Gasteiger partial charge is 0.260 e. The standard InChI is InChI=1S/C26H31ClN2O5S/c1-5-31-20-13-17(14-21(32-6-2)24(20)33-7-3)25(30)29(15-18-9-8-12-34-18)26-28-23-16(4)19(27)10-11-22(23)35-26/h10-11,13-14,18H,5-9,12,15H2,1-4H3. The van der Waals surface area contributed by atoms with E-state index < -0.39 is 0 Å². The number of carbonyl (C=O) groups is 1. The number of halogens is 1. The lowest BCUT2D eigenvalue weighted by Gasteiger charge is -2.24. The van der Waals surface area contributed by atoms with Gasteiger partial charge in [-0.3, -0.25) is 9.69 Å². The number of anilines is 1. The molecule has 35 heavy (non-hydrogen) atoms. The number of hydrogen-bond acceptors (Lipinski definition) is 7. The van der Waals surface area contributed by atoms with Crippen LogP contribution in [0.3, 0.4) is 0 Å². The van der Waals surface area contributed by atoms with E-state index in [4.69, 9.17) is 35.5 Å². The Morgan fingerprint density at radius 2 is 1.83 bits per heavy atom. The van der Waals surface area contributed by atoms with Gasteiger partial charge in [0, 0.05) is 17.2 Å².